The van der Waals surface area contributed by atoms with Crippen molar-refractivity contribution in [1.29, 1.82) is 0 Å². The van der Waals surface area contributed by atoms with E-state index in [4.69, 9.17) is 9.47 Å². The maximum Gasteiger partial charge on any atom is 0.410 e. The summed E-state index contributed by atoms with van der Waals surface area (Å²) in [7, 11) is 1.69. The van der Waals surface area contributed by atoms with Crippen LogP contribution >= 0.6 is 0 Å². The highest BCUT2D eigenvalue weighted by atomic mass is 16.6. The van der Waals surface area contributed by atoms with Crippen molar-refractivity contribution >= 4 is 6.09 Å². The molecule has 21 heavy (non-hydrogen) atoms. The second-order valence-corrected chi connectivity index (χ2v) is 6.60. The van der Waals surface area contributed by atoms with E-state index in [0.717, 1.165) is 31.7 Å². The van der Waals surface area contributed by atoms with Crippen LogP contribution in [-0.4, -0.2) is 36.8 Å². The van der Waals surface area contributed by atoms with Gasteiger partial charge in [-0.1, -0.05) is 18.2 Å². The second kappa shape index (κ2) is 6.37. The minimum absolute atomic E-state index is 0.204. The molecule has 2 rings (SSSR count). The fourth-order valence-electron chi connectivity index (χ4n) is 2.67. The molecule has 0 N–H and O–H groups in total. The van der Waals surface area contributed by atoms with Crippen molar-refractivity contribution < 1.29 is 14.3 Å². The number of carbonyl (C=O) groups is 1. The average molecular weight is 291 g/mol. The van der Waals surface area contributed by atoms with Crippen LogP contribution in [0.25, 0.3) is 0 Å². The standard InChI is InChI=1S/C17H25NO3/c1-17(2,3)21-16(19)18-10-9-13(12-18)11-14-7-5-6-8-15(14)20-4/h5-8,13H,9-12H2,1-4H3/t13-/m1/s1. The van der Waals surface area contributed by atoms with Crippen molar-refractivity contribution in [3.05, 3.63) is 29.8 Å². The summed E-state index contributed by atoms with van der Waals surface area (Å²) >= 11 is 0. The van der Waals surface area contributed by atoms with E-state index in [-0.39, 0.29) is 6.09 Å². The molecule has 0 bridgehead atoms. The molecular weight excluding hydrogens is 266 g/mol. The predicted molar refractivity (Wildman–Crippen MR) is 82.6 cm³/mol. The highest BCUT2D eigenvalue weighted by Gasteiger charge is 2.30. The van der Waals surface area contributed by atoms with Crippen LogP contribution in [0, 0.1) is 5.92 Å². The Morgan fingerprint density at radius 1 is 1.33 bits per heavy atom. The van der Waals surface area contributed by atoms with Crippen LogP contribution in [0.4, 0.5) is 4.79 Å². The van der Waals surface area contributed by atoms with E-state index < -0.39 is 5.60 Å². The first kappa shape index (κ1) is 15.7. The van der Waals surface area contributed by atoms with Gasteiger partial charge in [-0.2, -0.15) is 0 Å². The van der Waals surface area contributed by atoms with Gasteiger partial charge in [0.1, 0.15) is 11.4 Å². The zero-order chi connectivity index (χ0) is 15.5. The minimum atomic E-state index is -0.433. The van der Waals surface area contributed by atoms with Gasteiger partial charge in [-0.25, -0.2) is 4.79 Å². The zero-order valence-corrected chi connectivity index (χ0v) is 13.4. The molecule has 4 nitrogen and oxygen atoms in total. The number of benzene rings is 1. The quantitative estimate of drug-likeness (QED) is 0.855. The van der Waals surface area contributed by atoms with Gasteiger partial charge >= 0.3 is 6.09 Å². The Morgan fingerprint density at radius 2 is 2.05 bits per heavy atom. The monoisotopic (exact) mass is 291 g/mol. The molecule has 0 radical (unpaired) electrons. The second-order valence-electron chi connectivity index (χ2n) is 6.60. The number of likely N-dealkylation sites (tertiary alicyclic amines) is 1. The van der Waals surface area contributed by atoms with Crippen molar-refractivity contribution in [3.63, 3.8) is 0 Å². The van der Waals surface area contributed by atoms with E-state index >= 15 is 0 Å². The summed E-state index contributed by atoms with van der Waals surface area (Å²) in [4.78, 5) is 13.9. The Labute approximate surface area is 127 Å². The molecule has 0 saturated carbocycles. The fraction of sp³-hybridized carbons (Fsp3) is 0.588. The smallest absolute Gasteiger partial charge is 0.410 e. The van der Waals surface area contributed by atoms with Gasteiger partial charge in [-0.05, 0) is 51.2 Å². The van der Waals surface area contributed by atoms with E-state index in [1.807, 2.05) is 43.9 Å². The first-order valence-electron chi connectivity index (χ1n) is 7.49. The third kappa shape index (κ3) is 4.38. The van der Waals surface area contributed by atoms with Gasteiger partial charge in [0, 0.05) is 13.1 Å². The van der Waals surface area contributed by atoms with Gasteiger partial charge in [0.05, 0.1) is 7.11 Å². The lowest BCUT2D eigenvalue weighted by Crippen LogP contribution is -2.35. The highest BCUT2D eigenvalue weighted by molar-refractivity contribution is 5.68. The highest BCUT2D eigenvalue weighted by Crippen LogP contribution is 2.26. The fourth-order valence-corrected chi connectivity index (χ4v) is 2.67. The van der Waals surface area contributed by atoms with Crippen LogP contribution in [0.15, 0.2) is 24.3 Å². The third-order valence-corrected chi connectivity index (χ3v) is 3.64. The van der Waals surface area contributed by atoms with Crippen molar-refractivity contribution in [3.8, 4) is 5.75 Å². The molecule has 4 heteroatoms. The molecule has 0 spiro atoms. The Hall–Kier alpha value is -1.71. The molecule has 1 aliphatic heterocycles. The molecule has 1 atom stereocenters. The number of para-hydroxylation sites is 1. The summed E-state index contributed by atoms with van der Waals surface area (Å²) in [5, 5.41) is 0. The Balaban J connectivity index is 1.92. The molecule has 1 aromatic rings. The number of rotatable bonds is 3. The number of carbonyl (C=O) groups excluding carboxylic acids is 1. The van der Waals surface area contributed by atoms with Gasteiger partial charge < -0.3 is 14.4 Å². The first-order valence-corrected chi connectivity index (χ1v) is 7.49. The van der Waals surface area contributed by atoms with Crippen LogP contribution in [0.5, 0.6) is 5.75 Å². The molecule has 116 valence electrons. The molecule has 1 aromatic carbocycles. The summed E-state index contributed by atoms with van der Waals surface area (Å²) in [5.41, 5.74) is 0.772. The molecule has 0 aromatic heterocycles. The summed E-state index contributed by atoms with van der Waals surface area (Å²) < 4.78 is 10.8. The molecule has 1 fully saturated rings. The number of ether oxygens (including phenoxy) is 2. The zero-order valence-electron chi connectivity index (χ0n) is 13.4. The maximum atomic E-state index is 12.1. The number of hydrogen-bond donors (Lipinski definition) is 0. The normalized spacial score (nSPS) is 18.7. The Kier molecular flexibility index (Phi) is 4.76. The molecule has 1 aliphatic rings. The van der Waals surface area contributed by atoms with Gasteiger partial charge in [0.25, 0.3) is 0 Å². The van der Waals surface area contributed by atoms with Crippen molar-refractivity contribution in [2.45, 2.75) is 39.2 Å². The lowest BCUT2D eigenvalue weighted by Gasteiger charge is -2.24. The summed E-state index contributed by atoms with van der Waals surface area (Å²) in [6, 6.07) is 8.08. The Bertz CT molecular complexity index is 493. The third-order valence-electron chi connectivity index (χ3n) is 3.64. The molecule has 0 unspecified atom stereocenters. The number of hydrogen-bond acceptors (Lipinski definition) is 3. The number of amides is 1. The predicted octanol–water partition coefficient (Wildman–Crippen LogP) is 3.49. The lowest BCUT2D eigenvalue weighted by atomic mass is 9.98. The maximum absolute atomic E-state index is 12.1. The topological polar surface area (TPSA) is 38.8 Å². The summed E-state index contributed by atoms with van der Waals surface area (Å²) in [6.45, 7) is 7.22. The molecule has 1 heterocycles. The Morgan fingerprint density at radius 3 is 2.71 bits per heavy atom. The average Bonchev–Trinajstić information content (AvgIpc) is 2.86. The summed E-state index contributed by atoms with van der Waals surface area (Å²) in [6.07, 6.45) is 1.74. The van der Waals surface area contributed by atoms with Crippen LogP contribution in [0.3, 0.4) is 0 Å². The number of methoxy groups -OCH3 is 1. The van der Waals surface area contributed by atoms with E-state index in [9.17, 15) is 4.79 Å². The minimum Gasteiger partial charge on any atom is -0.496 e. The van der Waals surface area contributed by atoms with E-state index in [2.05, 4.69) is 6.07 Å². The van der Waals surface area contributed by atoms with Crippen LogP contribution in [0.1, 0.15) is 32.8 Å². The largest absolute Gasteiger partial charge is 0.496 e. The van der Waals surface area contributed by atoms with E-state index in [1.165, 1.54) is 5.56 Å². The van der Waals surface area contributed by atoms with Crippen molar-refractivity contribution in [1.82, 2.24) is 4.90 Å². The van der Waals surface area contributed by atoms with Gasteiger partial charge in [0.15, 0.2) is 0 Å². The lowest BCUT2D eigenvalue weighted by molar-refractivity contribution is 0.0288. The SMILES string of the molecule is COc1ccccc1C[C@H]1CCN(C(=O)OC(C)(C)C)C1. The van der Waals surface area contributed by atoms with Crippen molar-refractivity contribution in [2.75, 3.05) is 20.2 Å². The van der Waals surface area contributed by atoms with Gasteiger partial charge in [-0.3, -0.25) is 0 Å². The van der Waals surface area contributed by atoms with Crippen LogP contribution < -0.4 is 4.74 Å². The molecule has 0 aliphatic carbocycles. The van der Waals surface area contributed by atoms with Crippen molar-refractivity contribution in [2.24, 2.45) is 5.92 Å². The van der Waals surface area contributed by atoms with Gasteiger partial charge in [-0.15, -0.1) is 0 Å². The first-order chi connectivity index (χ1) is 9.89. The van der Waals surface area contributed by atoms with E-state index in [1.54, 1.807) is 7.11 Å². The van der Waals surface area contributed by atoms with E-state index in [0.29, 0.717) is 5.92 Å². The summed E-state index contributed by atoms with van der Waals surface area (Å²) in [5.74, 6) is 1.39. The van der Waals surface area contributed by atoms with Gasteiger partial charge in [0.2, 0.25) is 0 Å². The van der Waals surface area contributed by atoms with Crippen LogP contribution in [-0.2, 0) is 11.2 Å². The van der Waals surface area contributed by atoms with Crippen LogP contribution in [0.2, 0.25) is 0 Å². The molecular formula is C17H25NO3. The molecule has 1 amide bonds. The number of nitrogens with zero attached hydrogens (tertiary/aromatic N) is 1. The molecule has 1 saturated heterocycles.